The quantitative estimate of drug-likeness (QED) is 0.556. The predicted molar refractivity (Wildman–Crippen MR) is 102 cm³/mol. The first kappa shape index (κ1) is 18.5. The molecule has 4 rings (SSSR count). The molecule has 0 saturated carbocycles. The number of nitrogens with one attached hydrogen (secondary N) is 1. The average molecular weight is 384 g/mol. The number of aromatic nitrogens is 2. The Balaban J connectivity index is 1.74. The summed E-state index contributed by atoms with van der Waals surface area (Å²) in [7, 11) is 0. The first-order chi connectivity index (χ1) is 13.3. The van der Waals surface area contributed by atoms with Crippen molar-refractivity contribution < 1.29 is 14.3 Å². The van der Waals surface area contributed by atoms with Crippen LogP contribution in [0.15, 0.2) is 18.2 Å². The lowest BCUT2D eigenvalue weighted by atomic mass is 9.87. The van der Waals surface area contributed by atoms with E-state index in [0.29, 0.717) is 42.1 Å². The summed E-state index contributed by atoms with van der Waals surface area (Å²) in [4.78, 5) is 24.7. The molecule has 2 unspecified atom stereocenters. The SMILES string of the molecule is CCn1nc(C)cc1C(=O)N[C@@]1(N)C(N)c2cc(C(N)=O)cc3c2C1CCO3. The molecule has 2 aliphatic rings. The van der Waals surface area contributed by atoms with Crippen LogP contribution in [0.4, 0.5) is 0 Å². The highest BCUT2D eigenvalue weighted by Crippen LogP contribution is 2.52. The van der Waals surface area contributed by atoms with Crippen LogP contribution < -0.4 is 27.3 Å². The van der Waals surface area contributed by atoms with E-state index < -0.39 is 17.6 Å². The number of hydrogen-bond donors (Lipinski definition) is 4. The van der Waals surface area contributed by atoms with Gasteiger partial charge in [-0.15, -0.1) is 0 Å². The van der Waals surface area contributed by atoms with Crippen LogP contribution in [0.1, 0.15) is 63.0 Å². The van der Waals surface area contributed by atoms with Crippen molar-refractivity contribution in [2.75, 3.05) is 6.61 Å². The molecule has 9 heteroatoms. The minimum atomic E-state index is -1.22. The minimum Gasteiger partial charge on any atom is -0.493 e. The topological polar surface area (TPSA) is 151 Å². The lowest BCUT2D eigenvalue weighted by Gasteiger charge is -2.37. The molecule has 2 aromatic rings. The second-order valence-electron chi connectivity index (χ2n) is 7.38. The predicted octanol–water partition coefficient (Wildman–Crippen LogP) is 0.275. The Labute approximate surface area is 162 Å². The lowest BCUT2D eigenvalue weighted by Crippen LogP contribution is -2.63. The molecule has 1 aromatic carbocycles. The van der Waals surface area contributed by atoms with Gasteiger partial charge in [-0.25, -0.2) is 0 Å². The number of primary amides is 1. The van der Waals surface area contributed by atoms with Gasteiger partial charge in [-0.1, -0.05) is 0 Å². The molecule has 0 fully saturated rings. The van der Waals surface area contributed by atoms with Crippen LogP contribution in [-0.4, -0.2) is 33.9 Å². The zero-order chi connectivity index (χ0) is 20.2. The van der Waals surface area contributed by atoms with Crippen molar-refractivity contribution >= 4 is 11.8 Å². The molecule has 0 radical (unpaired) electrons. The van der Waals surface area contributed by atoms with Gasteiger partial charge < -0.3 is 27.3 Å². The van der Waals surface area contributed by atoms with Gasteiger partial charge in [-0.2, -0.15) is 5.10 Å². The fraction of sp³-hybridized carbons (Fsp3) is 0.421. The van der Waals surface area contributed by atoms with E-state index in [1.165, 1.54) is 0 Å². The summed E-state index contributed by atoms with van der Waals surface area (Å²) in [6.45, 7) is 4.71. The molecule has 28 heavy (non-hydrogen) atoms. The van der Waals surface area contributed by atoms with E-state index >= 15 is 0 Å². The summed E-state index contributed by atoms with van der Waals surface area (Å²) in [6.07, 6.45) is 0.604. The van der Waals surface area contributed by atoms with Gasteiger partial charge in [-0.3, -0.25) is 14.3 Å². The molecule has 7 N–H and O–H groups in total. The van der Waals surface area contributed by atoms with Crippen LogP contribution in [0.3, 0.4) is 0 Å². The summed E-state index contributed by atoms with van der Waals surface area (Å²) < 4.78 is 7.36. The normalized spacial score (nSPS) is 25.1. The number of amides is 2. The van der Waals surface area contributed by atoms with Crippen molar-refractivity contribution in [2.24, 2.45) is 17.2 Å². The van der Waals surface area contributed by atoms with E-state index in [-0.39, 0.29) is 11.8 Å². The van der Waals surface area contributed by atoms with E-state index in [2.05, 4.69) is 10.4 Å². The van der Waals surface area contributed by atoms with Crippen LogP contribution >= 0.6 is 0 Å². The third-order valence-electron chi connectivity index (χ3n) is 5.66. The maximum atomic E-state index is 13.0. The fourth-order valence-electron chi connectivity index (χ4n) is 4.32. The highest BCUT2D eigenvalue weighted by atomic mass is 16.5. The van der Waals surface area contributed by atoms with Crippen molar-refractivity contribution in [1.29, 1.82) is 0 Å². The van der Waals surface area contributed by atoms with Gasteiger partial charge in [0.1, 0.15) is 17.1 Å². The zero-order valence-corrected chi connectivity index (χ0v) is 15.9. The van der Waals surface area contributed by atoms with Crippen molar-refractivity contribution in [1.82, 2.24) is 15.1 Å². The molecule has 3 atom stereocenters. The van der Waals surface area contributed by atoms with Crippen LogP contribution in [0.5, 0.6) is 5.75 Å². The van der Waals surface area contributed by atoms with Gasteiger partial charge in [0, 0.05) is 23.6 Å². The molecule has 2 heterocycles. The Morgan fingerprint density at radius 2 is 2.14 bits per heavy atom. The third-order valence-corrected chi connectivity index (χ3v) is 5.66. The first-order valence-electron chi connectivity index (χ1n) is 9.28. The number of aryl methyl sites for hydroxylation is 2. The number of benzene rings is 1. The van der Waals surface area contributed by atoms with Gasteiger partial charge in [0.2, 0.25) is 5.91 Å². The number of ether oxygens (including phenoxy) is 1. The lowest BCUT2D eigenvalue weighted by molar-refractivity contribution is 0.0845. The molecule has 0 saturated heterocycles. The number of nitrogens with two attached hydrogens (primary N) is 3. The second-order valence-corrected chi connectivity index (χ2v) is 7.38. The van der Waals surface area contributed by atoms with E-state index in [4.69, 9.17) is 21.9 Å². The van der Waals surface area contributed by atoms with Crippen LogP contribution in [0.2, 0.25) is 0 Å². The van der Waals surface area contributed by atoms with E-state index in [9.17, 15) is 9.59 Å². The molecule has 0 spiro atoms. The maximum Gasteiger partial charge on any atom is 0.271 e. The molecular formula is C19H24N6O3. The van der Waals surface area contributed by atoms with Crippen molar-refractivity contribution in [3.05, 3.63) is 46.3 Å². The molecule has 0 bridgehead atoms. The second kappa shape index (κ2) is 6.32. The van der Waals surface area contributed by atoms with Crippen molar-refractivity contribution in [3.63, 3.8) is 0 Å². The van der Waals surface area contributed by atoms with E-state index in [1.807, 2.05) is 13.8 Å². The third kappa shape index (κ3) is 2.58. The molecule has 9 nitrogen and oxygen atoms in total. The van der Waals surface area contributed by atoms with Crippen LogP contribution in [-0.2, 0) is 6.54 Å². The molecule has 1 aliphatic heterocycles. The Hall–Kier alpha value is -2.91. The molecule has 2 amide bonds. The Morgan fingerprint density at radius 1 is 1.39 bits per heavy atom. The van der Waals surface area contributed by atoms with Gasteiger partial charge in [0.15, 0.2) is 0 Å². The monoisotopic (exact) mass is 384 g/mol. The largest absolute Gasteiger partial charge is 0.493 e. The number of nitrogens with zero attached hydrogens (tertiary/aromatic N) is 2. The number of carbonyl (C=O) groups excluding carboxylic acids is 2. The van der Waals surface area contributed by atoms with E-state index in [1.54, 1.807) is 22.9 Å². The average Bonchev–Trinajstić information content (AvgIpc) is 3.15. The highest BCUT2D eigenvalue weighted by molar-refractivity contribution is 5.95. The summed E-state index contributed by atoms with van der Waals surface area (Å²) in [5.74, 6) is -0.588. The first-order valence-corrected chi connectivity index (χ1v) is 9.28. The number of hydrogen-bond acceptors (Lipinski definition) is 6. The number of carbonyl (C=O) groups is 2. The van der Waals surface area contributed by atoms with E-state index in [0.717, 1.165) is 11.3 Å². The Morgan fingerprint density at radius 3 is 2.82 bits per heavy atom. The minimum absolute atomic E-state index is 0.230. The summed E-state index contributed by atoms with van der Waals surface area (Å²) in [5, 5.41) is 7.26. The molecule has 148 valence electrons. The standard InChI is InChI=1S/C19H24N6O3/c1-3-25-13(6-9(2)24-25)18(27)23-19(22)12-4-5-28-14-8-10(17(21)26)7-11(15(12)14)16(19)20/h6-8,12,16H,3-5,20,22H2,1-2H3,(H2,21,26)(H,23,27)/t12?,16?,19-/m1/s1. The summed E-state index contributed by atoms with van der Waals surface area (Å²) >= 11 is 0. The maximum absolute atomic E-state index is 13.0. The van der Waals surface area contributed by atoms with Crippen LogP contribution in [0.25, 0.3) is 0 Å². The van der Waals surface area contributed by atoms with Crippen molar-refractivity contribution in [3.8, 4) is 5.75 Å². The van der Waals surface area contributed by atoms with Gasteiger partial charge in [-0.05, 0) is 44.0 Å². The van der Waals surface area contributed by atoms with Gasteiger partial charge >= 0.3 is 0 Å². The molecular weight excluding hydrogens is 360 g/mol. The Bertz CT molecular complexity index is 984. The smallest absolute Gasteiger partial charge is 0.271 e. The fourth-order valence-corrected chi connectivity index (χ4v) is 4.32. The summed E-state index contributed by atoms with van der Waals surface area (Å²) in [6, 6.07) is 4.27. The Kier molecular flexibility index (Phi) is 4.16. The van der Waals surface area contributed by atoms with Crippen LogP contribution in [0, 0.1) is 6.92 Å². The highest BCUT2D eigenvalue weighted by Gasteiger charge is 2.53. The molecule has 1 aliphatic carbocycles. The summed E-state index contributed by atoms with van der Waals surface area (Å²) in [5.41, 5.74) is 20.4. The van der Waals surface area contributed by atoms with Crippen molar-refractivity contribution in [2.45, 2.75) is 44.4 Å². The molecule has 1 aromatic heterocycles. The van der Waals surface area contributed by atoms with Gasteiger partial charge in [0.05, 0.1) is 18.3 Å². The zero-order valence-electron chi connectivity index (χ0n) is 15.9. The number of rotatable bonds is 4. The van der Waals surface area contributed by atoms with Gasteiger partial charge in [0.25, 0.3) is 5.91 Å².